The molecule has 0 aromatic heterocycles. The van der Waals surface area contributed by atoms with Crippen molar-refractivity contribution in [3.8, 4) is 0 Å². The van der Waals surface area contributed by atoms with Crippen molar-refractivity contribution in [3.63, 3.8) is 0 Å². The predicted molar refractivity (Wildman–Crippen MR) is 65.4 cm³/mol. The van der Waals surface area contributed by atoms with Gasteiger partial charge < -0.3 is 5.32 Å². The topological polar surface area (TPSA) is 24.4 Å². The van der Waals surface area contributed by atoms with Crippen molar-refractivity contribution >= 4 is 22.3 Å². The first-order valence-corrected chi connectivity index (χ1v) is 6.10. The monoisotopic (exact) mass is 264 g/mol. The van der Waals surface area contributed by atoms with Crippen LogP contribution >= 0.6 is 15.9 Å². The highest BCUT2D eigenvalue weighted by molar-refractivity contribution is 9.10. The summed E-state index contributed by atoms with van der Waals surface area (Å²) in [5, 5.41) is 3.43. The zero-order chi connectivity index (χ0) is 10.3. The summed E-state index contributed by atoms with van der Waals surface area (Å²) in [5.41, 5.74) is 3.18. The molecule has 0 radical (unpaired) electrons. The minimum absolute atomic E-state index is 0.216. The fourth-order valence-electron chi connectivity index (χ4n) is 2.54. The van der Waals surface area contributed by atoms with Crippen molar-refractivity contribution in [2.75, 3.05) is 6.54 Å². The average molecular weight is 265 g/mol. The standard InChI is InChI=1S/C12H13BrN2/c13-11-2-1-9-3-4-12(6-10(9)5-11)7-14-8-15-12/h1-2,5,8H,3-4,6-7H2,(H,14,15). The fourth-order valence-corrected chi connectivity index (χ4v) is 2.95. The Morgan fingerprint density at radius 3 is 3.07 bits per heavy atom. The van der Waals surface area contributed by atoms with Crippen LogP contribution < -0.4 is 5.32 Å². The van der Waals surface area contributed by atoms with E-state index in [1.807, 2.05) is 6.34 Å². The summed E-state index contributed by atoms with van der Waals surface area (Å²) in [4.78, 5) is 4.31. The van der Waals surface area contributed by atoms with Crippen molar-refractivity contribution in [1.82, 2.24) is 5.32 Å². The molecule has 1 atom stereocenters. The lowest BCUT2D eigenvalue weighted by Crippen LogP contribution is -2.47. The predicted octanol–water partition coefficient (Wildman–Crippen LogP) is 2.31. The van der Waals surface area contributed by atoms with Gasteiger partial charge in [-0.1, -0.05) is 22.0 Å². The number of aryl methyl sites for hydroxylation is 1. The number of nitrogens with one attached hydrogen (secondary N) is 1. The van der Waals surface area contributed by atoms with E-state index in [2.05, 4.69) is 44.4 Å². The van der Waals surface area contributed by atoms with Crippen molar-refractivity contribution < 1.29 is 0 Å². The molecule has 1 aromatic carbocycles. The van der Waals surface area contributed by atoms with Crippen LogP contribution in [-0.4, -0.2) is 18.4 Å². The van der Waals surface area contributed by atoms with Gasteiger partial charge in [0.05, 0.1) is 18.4 Å². The van der Waals surface area contributed by atoms with Crippen LogP contribution in [0.3, 0.4) is 0 Å². The second kappa shape index (κ2) is 3.34. The quantitative estimate of drug-likeness (QED) is 0.764. The van der Waals surface area contributed by atoms with E-state index in [9.17, 15) is 0 Å². The summed E-state index contributed by atoms with van der Waals surface area (Å²) in [6.07, 6.45) is 5.32. The van der Waals surface area contributed by atoms with Gasteiger partial charge in [0.25, 0.3) is 0 Å². The van der Waals surface area contributed by atoms with E-state index in [1.54, 1.807) is 0 Å². The number of rotatable bonds is 0. The van der Waals surface area contributed by atoms with Gasteiger partial charge in [0.1, 0.15) is 0 Å². The molecule has 2 aliphatic rings. The maximum atomic E-state index is 4.31. The molecular formula is C12H13BrN2. The largest absolute Gasteiger partial charge is 0.369 e. The van der Waals surface area contributed by atoms with E-state index in [4.69, 9.17) is 0 Å². The number of benzene rings is 1. The number of nitrogens with zero attached hydrogens (tertiary/aromatic N) is 1. The Morgan fingerprint density at radius 1 is 1.33 bits per heavy atom. The van der Waals surface area contributed by atoms with Crippen LogP contribution in [0.5, 0.6) is 0 Å². The highest BCUT2D eigenvalue weighted by Crippen LogP contribution is 2.31. The summed E-state index contributed by atoms with van der Waals surface area (Å²) in [5.74, 6) is 0. The number of hydrogen-bond donors (Lipinski definition) is 1. The van der Waals surface area contributed by atoms with Crippen LogP contribution in [0.1, 0.15) is 17.5 Å². The van der Waals surface area contributed by atoms with Gasteiger partial charge in [-0.25, -0.2) is 0 Å². The van der Waals surface area contributed by atoms with Gasteiger partial charge in [0.2, 0.25) is 0 Å². The normalized spacial score (nSPS) is 27.8. The molecule has 0 saturated carbocycles. The molecule has 1 aliphatic heterocycles. The Hall–Kier alpha value is -0.830. The first-order valence-electron chi connectivity index (χ1n) is 5.31. The Morgan fingerprint density at radius 2 is 2.27 bits per heavy atom. The first-order chi connectivity index (χ1) is 7.27. The average Bonchev–Trinajstić information content (AvgIpc) is 2.66. The maximum absolute atomic E-state index is 4.31. The zero-order valence-corrected chi connectivity index (χ0v) is 10.0. The fraction of sp³-hybridized carbons (Fsp3) is 0.417. The van der Waals surface area contributed by atoms with E-state index in [1.165, 1.54) is 28.4 Å². The molecule has 0 fully saturated rings. The molecular weight excluding hydrogens is 252 g/mol. The van der Waals surface area contributed by atoms with Gasteiger partial charge in [-0.15, -0.1) is 0 Å². The van der Waals surface area contributed by atoms with E-state index in [-0.39, 0.29) is 5.54 Å². The van der Waals surface area contributed by atoms with Crippen LogP contribution in [0.15, 0.2) is 27.7 Å². The molecule has 15 heavy (non-hydrogen) atoms. The Labute approximate surface area is 97.9 Å². The van der Waals surface area contributed by atoms with Crippen LogP contribution in [0.2, 0.25) is 0 Å². The van der Waals surface area contributed by atoms with Crippen LogP contribution in [0.4, 0.5) is 0 Å². The van der Waals surface area contributed by atoms with Crippen LogP contribution in [0, 0.1) is 0 Å². The van der Waals surface area contributed by atoms with Crippen molar-refractivity contribution in [3.05, 3.63) is 33.8 Å². The van der Waals surface area contributed by atoms with Crippen molar-refractivity contribution in [1.29, 1.82) is 0 Å². The molecule has 0 amide bonds. The van der Waals surface area contributed by atoms with Gasteiger partial charge >= 0.3 is 0 Å². The number of aliphatic imine (C=N–C) groups is 1. The van der Waals surface area contributed by atoms with Gasteiger partial charge in [-0.2, -0.15) is 0 Å². The molecule has 3 rings (SSSR count). The summed E-state index contributed by atoms with van der Waals surface area (Å²) >= 11 is 3.54. The first kappa shape index (κ1) is 9.40. The Balaban J connectivity index is 1.95. The molecule has 78 valence electrons. The smallest absolute Gasteiger partial charge is 0.0829 e. The molecule has 1 N–H and O–H groups in total. The van der Waals surface area contributed by atoms with Gasteiger partial charge in [-0.05, 0) is 42.5 Å². The van der Waals surface area contributed by atoms with Crippen molar-refractivity contribution in [2.45, 2.75) is 24.8 Å². The third-order valence-corrected chi connectivity index (χ3v) is 3.92. The highest BCUT2D eigenvalue weighted by atomic mass is 79.9. The minimum atomic E-state index is 0.216. The highest BCUT2D eigenvalue weighted by Gasteiger charge is 2.35. The Kier molecular flexibility index (Phi) is 2.09. The Bertz CT molecular complexity index is 418. The minimum Gasteiger partial charge on any atom is -0.369 e. The lowest BCUT2D eigenvalue weighted by Gasteiger charge is -2.34. The van der Waals surface area contributed by atoms with E-state index in [0.29, 0.717) is 0 Å². The van der Waals surface area contributed by atoms with Crippen LogP contribution in [0.25, 0.3) is 0 Å². The summed E-state index contributed by atoms with van der Waals surface area (Å²) in [6.45, 7) is 0.930. The molecule has 2 nitrogen and oxygen atoms in total. The van der Waals surface area contributed by atoms with E-state index >= 15 is 0 Å². The second-order valence-corrected chi connectivity index (χ2v) is 5.40. The second-order valence-electron chi connectivity index (χ2n) is 4.48. The summed E-state index contributed by atoms with van der Waals surface area (Å²) < 4.78 is 1.18. The van der Waals surface area contributed by atoms with Crippen LogP contribution in [-0.2, 0) is 12.8 Å². The number of halogens is 1. The third kappa shape index (κ3) is 1.59. The molecule has 3 heteroatoms. The molecule has 1 aliphatic carbocycles. The molecule has 1 unspecified atom stereocenters. The molecule has 1 heterocycles. The van der Waals surface area contributed by atoms with Gasteiger partial charge in [-0.3, -0.25) is 4.99 Å². The number of hydrogen-bond acceptors (Lipinski definition) is 2. The van der Waals surface area contributed by atoms with E-state index in [0.717, 1.165) is 13.0 Å². The lowest BCUT2D eigenvalue weighted by atomic mass is 9.78. The maximum Gasteiger partial charge on any atom is 0.0829 e. The van der Waals surface area contributed by atoms with Gasteiger partial charge in [0, 0.05) is 4.47 Å². The molecule has 0 saturated heterocycles. The third-order valence-electron chi connectivity index (χ3n) is 3.43. The molecule has 1 spiro atoms. The molecule has 1 aromatic rings. The van der Waals surface area contributed by atoms with Gasteiger partial charge in [0.15, 0.2) is 0 Å². The lowest BCUT2D eigenvalue weighted by molar-refractivity contribution is 0.363. The molecule has 0 bridgehead atoms. The summed E-state index contributed by atoms with van der Waals surface area (Å²) in [6, 6.07) is 6.62. The number of fused-ring (bicyclic) bond motifs is 1. The van der Waals surface area contributed by atoms with E-state index < -0.39 is 0 Å². The summed E-state index contributed by atoms with van der Waals surface area (Å²) in [7, 11) is 0. The zero-order valence-electron chi connectivity index (χ0n) is 8.46. The SMILES string of the molecule is Brc1ccc2c(c1)CC1(CC2)CN=CN1. The van der Waals surface area contributed by atoms with Crippen molar-refractivity contribution in [2.24, 2.45) is 4.99 Å².